The van der Waals surface area contributed by atoms with Crippen molar-refractivity contribution in [2.75, 3.05) is 47.4 Å². The Hall–Kier alpha value is -5.99. The number of aromatic nitrogens is 1. The molecule has 3 N–H and O–H groups in total. The fourth-order valence-corrected chi connectivity index (χ4v) is 10.3. The van der Waals surface area contributed by atoms with E-state index in [9.17, 15) is 29.1 Å². The van der Waals surface area contributed by atoms with Crippen LogP contribution in [0.1, 0.15) is 77.0 Å². The number of likely N-dealkylation sites (tertiary alicyclic amines) is 1. The van der Waals surface area contributed by atoms with E-state index in [1.165, 1.54) is 21.5 Å². The number of aromatic hydroxyl groups is 1. The van der Waals surface area contributed by atoms with Crippen molar-refractivity contribution < 1.29 is 33.8 Å². The molecular formula is C53H69N7O7. The van der Waals surface area contributed by atoms with Crippen molar-refractivity contribution in [1.29, 1.82) is 0 Å². The number of hydrogen-bond donors (Lipinski definition) is 3. The zero-order chi connectivity index (χ0) is 48.3. The smallest absolute Gasteiger partial charge is 0.324 e. The van der Waals surface area contributed by atoms with Crippen LogP contribution in [0.4, 0.5) is 0 Å². The zero-order valence-corrected chi connectivity index (χ0v) is 40.6. The monoisotopic (exact) mass is 916 g/mol. The zero-order valence-electron chi connectivity index (χ0n) is 40.6. The Kier molecular flexibility index (Phi) is 15.0. The normalized spacial score (nSPS) is 19.8. The number of hydrazine groups is 1. The Morgan fingerprint density at radius 2 is 1.72 bits per heavy atom. The predicted molar refractivity (Wildman–Crippen MR) is 260 cm³/mol. The molecule has 3 aromatic carbocycles. The number of nitrogens with one attached hydrogen (secondary N) is 2. The van der Waals surface area contributed by atoms with Gasteiger partial charge in [0.2, 0.25) is 17.7 Å². The molecule has 67 heavy (non-hydrogen) atoms. The molecule has 14 heteroatoms. The van der Waals surface area contributed by atoms with Crippen molar-refractivity contribution in [3.8, 4) is 28.1 Å². The highest BCUT2D eigenvalue weighted by molar-refractivity contribution is 5.96. The molecule has 0 unspecified atom stereocenters. The van der Waals surface area contributed by atoms with E-state index in [1.54, 1.807) is 24.1 Å². The summed E-state index contributed by atoms with van der Waals surface area (Å²) in [5, 5.41) is 16.8. The van der Waals surface area contributed by atoms with Crippen LogP contribution in [0.25, 0.3) is 33.3 Å². The number of aryl methyl sites for hydroxylation is 1. The summed E-state index contributed by atoms with van der Waals surface area (Å²) >= 11 is 0. The number of phenolic OH excluding ortho intramolecular Hbond substituents is 1. The summed E-state index contributed by atoms with van der Waals surface area (Å²) in [6.07, 6.45) is 3.79. The molecule has 14 nitrogen and oxygen atoms in total. The fourth-order valence-electron chi connectivity index (χ4n) is 10.3. The van der Waals surface area contributed by atoms with Gasteiger partial charge in [-0.05, 0) is 117 Å². The van der Waals surface area contributed by atoms with Crippen LogP contribution in [0.2, 0.25) is 0 Å². The van der Waals surface area contributed by atoms with Gasteiger partial charge < -0.3 is 34.4 Å². The number of cyclic esters (lactones) is 1. The van der Waals surface area contributed by atoms with Gasteiger partial charge in [0.05, 0.1) is 12.3 Å². The number of esters is 1. The van der Waals surface area contributed by atoms with E-state index in [0.29, 0.717) is 57.3 Å². The van der Waals surface area contributed by atoms with Gasteiger partial charge >= 0.3 is 5.97 Å². The van der Waals surface area contributed by atoms with Gasteiger partial charge in [-0.2, -0.15) is 0 Å². The van der Waals surface area contributed by atoms with Gasteiger partial charge in [-0.15, -0.1) is 0 Å². The fraction of sp³-hybridized carbons (Fsp3) is 0.491. The average molecular weight is 916 g/mol. The van der Waals surface area contributed by atoms with Crippen LogP contribution in [0, 0.1) is 17.3 Å². The number of likely N-dealkylation sites (N-methyl/N-ethyl adjacent to an activating group) is 1. The lowest BCUT2D eigenvalue weighted by Gasteiger charge is -2.38. The molecule has 0 saturated carbocycles. The molecule has 1 aromatic heterocycles. The number of nitrogens with zero attached hydrogens (tertiary/aromatic N) is 5. The standard InChI is InChI=1S/C53H69N7O7/c1-10-46(62)58-23-20-35(21-24-58)50(64)57(9)47(33(3)4)49(63)54-44-27-34-25-38(28-39(61)26-34)36-18-19-45-41(29-36)42(48(59(45)11-2)40-16-13-12-15-37(40)31-56(7)8)30-53(5,6)32-67-52(66)43-17-14-22-60(55-43)51(44)65/h10,12-13,15-16,18-19,25-26,28-29,33,35,43-44,47,55,61H,1,11,14,17,20-24,27,30-32H2,2-9H3,(H,54,63)/t43-,44-,47-/m0/s1. The first kappa shape index (κ1) is 48.9. The molecule has 6 bridgehead atoms. The molecule has 0 radical (unpaired) electrons. The number of hydrogen-bond acceptors (Lipinski definition) is 9. The van der Waals surface area contributed by atoms with Gasteiger partial charge in [-0.3, -0.25) is 29.0 Å². The van der Waals surface area contributed by atoms with E-state index in [0.717, 1.165) is 51.9 Å². The quantitative estimate of drug-likeness (QED) is 0.123. The number of ether oxygens (including phenoxy) is 1. The highest BCUT2D eigenvalue weighted by Crippen LogP contribution is 2.42. The summed E-state index contributed by atoms with van der Waals surface area (Å²) in [5.74, 6) is -2.47. The molecule has 4 aromatic rings. The van der Waals surface area contributed by atoms with Crippen molar-refractivity contribution in [2.24, 2.45) is 17.3 Å². The van der Waals surface area contributed by atoms with E-state index >= 15 is 0 Å². The average Bonchev–Trinajstić information content (AvgIpc) is 3.60. The number of fused-ring (bicyclic) bond motifs is 6. The molecule has 0 aliphatic carbocycles. The number of phenols is 1. The van der Waals surface area contributed by atoms with Crippen molar-refractivity contribution in [3.05, 3.63) is 90.0 Å². The first-order valence-corrected chi connectivity index (χ1v) is 23.8. The van der Waals surface area contributed by atoms with Crippen LogP contribution < -0.4 is 10.7 Å². The second kappa shape index (κ2) is 20.5. The third-order valence-corrected chi connectivity index (χ3v) is 13.6. The molecule has 2 fully saturated rings. The number of carbonyl (C=O) groups is 5. The third-order valence-electron chi connectivity index (χ3n) is 13.6. The summed E-state index contributed by atoms with van der Waals surface area (Å²) in [6, 6.07) is 17.3. The van der Waals surface area contributed by atoms with E-state index in [2.05, 4.69) is 104 Å². The maximum Gasteiger partial charge on any atom is 0.324 e. The highest BCUT2D eigenvalue weighted by Gasteiger charge is 2.39. The van der Waals surface area contributed by atoms with Gasteiger partial charge in [0.15, 0.2) is 0 Å². The second-order valence-electron chi connectivity index (χ2n) is 20.1. The summed E-state index contributed by atoms with van der Waals surface area (Å²) in [6.45, 7) is 16.4. The molecule has 358 valence electrons. The summed E-state index contributed by atoms with van der Waals surface area (Å²) in [5.41, 5.74) is 10.5. The molecule has 4 heterocycles. The minimum Gasteiger partial charge on any atom is -0.508 e. The van der Waals surface area contributed by atoms with Crippen LogP contribution in [-0.4, -0.2) is 124 Å². The topological polar surface area (TPSA) is 157 Å². The molecule has 4 amide bonds. The summed E-state index contributed by atoms with van der Waals surface area (Å²) in [4.78, 5) is 74.8. The van der Waals surface area contributed by atoms with Gasteiger partial charge in [0, 0.05) is 74.0 Å². The van der Waals surface area contributed by atoms with Crippen molar-refractivity contribution >= 4 is 40.5 Å². The van der Waals surface area contributed by atoms with Crippen LogP contribution in [-0.2, 0) is 54.6 Å². The molecule has 0 spiro atoms. The van der Waals surface area contributed by atoms with Crippen molar-refractivity contribution in [3.63, 3.8) is 0 Å². The largest absolute Gasteiger partial charge is 0.508 e. The molecule has 3 aliphatic heterocycles. The van der Waals surface area contributed by atoms with Gasteiger partial charge in [-0.25, -0.2) is 5.43 Å². The first-order chi connectivity index (χ1) is 31.9. The SMILES string of the molecule is C=CC(=O)N1CCC(C(=O)N(C)[C@H](C(=O)N[C@H]2Cc3cc(O)cc(c3)-c3ccc4c(c3)c(c(-c3ccccc3CN(C)C)n4CC)CC(C)(C)COC(=O)[C@@H]3CCCN(N3)C2=O)C(C)C)CC1. The predicted octanol–water partition coefficient (Wildman–Crippen LogP) is 6.32. The van der Waals surface area contributed by atoms with Gasteiger partial charge in [0.1, 0.15) is 23.9 Å². The Morgan fingerprint density at radius 3 is 2.40 bits per heavy atom. The van der Waals surface area contributed by atoms with E-state index < -0.39 is 41.3 Å². The van der Waals surface area contributed by atoms with Crippen LogP contribution in [0.5, 0.6) is 5.75 Å². The second-order valence-corrected chi connectivity index (χ2v) is 20.1. The highest BCUT2D eigenvalue weighted by atomic mass is 16.5. The third kappa shape index (κ3) is 10.8. The molecule has 7 rings (SSSR count). The lowest BCUT2D eigenvalue weighted by Crippen LogP contribution is -2.62. The Morgan fingerprint density at radius 1 is 0.985 bits per heavy atom. The maximum absolute atomic E-state index is 14.7. The van der Waals surface area contributed by atoms with Crippen molar-refractivity contribution in [2.45, 2.75) is 104 Å². The van der Waals surface area contributed by atoms with Gasteiger partial charge in [-0.1, -0.05) is 70.7 Å². The van der Waals surface area contributed by atoms with Crippen molar-refractivity contribution in [1.82, 2.24) is 35.0 Å². The Labute approximate surface area is 395 Å². The molecular weight excluding hydrogens is 847 g/mol. The molecule has 3 atom stereocenters. The van der Waals surface area contributed by atoms with Crippen LogP contribution in [0.15, 0.2) is 73.3 Å². The Balaban J connectivity index is 1.29. The first-order valence-electron chi connectivity index (χ1n) is 23.8. The van der Waals surface area contributed by atoms with E-state index in [-0.39, 0.29) is 42.4 Å². The number of carbonyl (C=O) groups excluding carboxylic acids is 5. The van der Waals surface area contributed by atoms with Gasteiger partial charge in [0.25, 0.3) is 5.91 Å². The molecule has 2 saturated heterocycles. The van der Waals surface area contributed by atoms with Crippen LogP contribution >= 0.6 is 0 Å². The number of amides is 4. The number of rotatable bonds is 10. The minimum absolute atomic E-state index is 0.00967. The lowest BCUT2D eigenvalue weighted by atomic mass is 9.84. The lowest BCUT2D eigenvalue weighted by molar-refractivity contribution is -0.155. The maximum atomic E-state index is 14.7. The molecule has 3 aliphatic rings. The number of benzene rings is 3. The van der Waals surface area contributed by atoms with E-state index in [1.807, 2.05) is 19.9 Å². The summed E-state index contributed by atoms with van der Waals surface area (Å²) in [7, 11) is 5.75. The van der Waals surface area contributed by atoms with Crippen LogP contribution in [0.3, 0.4) is 0 Å². The minimum atomic E-state index is -1.14. The number of piperidine rings is 1. The van der Waals surface area contributed by atoms with E-state index in [4.69, 9.17) is 4.74 Å². The Bertz CT molecular complexity index is 2520. The summed E-state index contributed by atoms with van der Waals surface area (Å²) < 4.78 is 8.50.